The molecule has 1 radical (unpaired) electrons. The Balaban J connectivity index is 2.22. The molecule has 0 spiro atoms. The van der Waals surface area contributed by atoms with Gasteiger partial charge in [-0.1, -0.05) is 0 Å². The van der Waals surface area contributed by atoms with Crippen LogP contribution >= 0.6 is 0 Å². The van der Waals surface area contributed by atoms with Gasteiger partial charge in [0.15, 0.2) is 0 Å². The van der Waals surface area contributed by atoms with Crippen LogP contribution in [0.1, 0.15) is 6.42 Å². The van der Waals surface area contributed by atoms with E-state index in [1.165, 1.54) is 13.0 Å². The van der Waals surface area contributed by atoms with Crippen molar-refractivity contribution >= 4 is 5.71 Å². The fourth-order valence-electron chi connectivity index (χ4n) is 1.61. The zero-order chi connectivity index (χ0) is 5.56. The smallest absolute Gasteiger partial charge is 0.0589 e. The average Bonchev–Trinajstić information content (AvgIpc) is 2.23. The molecule has 0 aromatic rings. The van der Waals surface area contributed by atoms with E-state index in [2.05, 4.69) is 4.90 Å². The summed E-state index contributed by atoms with van der Waals surface area (Å²) in [4.78, 5) is 2.29. The van der Waals surface area contributed by atoms with E-state index in [-0.39, 0.29) is 0 Å². The van der Waals surface area contributed by atoms with Gasteiger partial charge in [0.1, 0.15) is 0 Å². The fraction of sp³-hybridized carbons (Fsp3) is 0.833. The highest BCUT2D eigenvalue weighted by atomic mass is 15.2. The molecule has 2 rings (SSSR count). The lowest BCUT2D eigenvalue weighted by molar-refractivity contribution is 0.404. The number of hydrogen-bond acceptors (Lipinski definition) is 1. The summed E-state index contributed by atoms with van der Waals surface area (Å²) in [6.07, 6.45) is 1.19. The molecule has 2 heteroatoms. The van der Waals surface area contributed by atoms with Gasteiger partial charge in [0, 0.05) is 19.0 Å². The number of fused-ring (bicyclic) bond motifs is 2. The molecule has 0 aliphatic carbocycles. The summed E-state index contributed by atoms with van der Waals surface area (Å²) < 4.78 is 0. The first kappa shape index (κ1) is 4.50. The molecule has 0 N–H and O–H groups in total. The maximum Gasteiger partial charge on any atom is 0.0589 e. The number of rotatable bonds is 0. The van der Waals surface area contributed by atoms with Crippen molar-refractivity contribution in [2.45, 2.75) is 6.42 Å². The normalized spacial score (nSPS) is 43.8. The van der Waals surface area contributed by atoms with E-state index in [0.717, 1.165) is 18.8 Å². The first-order valence-corrected chi connectivity index (χ1v) is 3.13. The van der Waals surface area contributed by atoms with E-state index in [9.17, 15) is 0 Å². The summed E-state index contributed by atoms with van der Waals surface area (Å²) in [7, 11) is 0. The standard InChI is InChI=1S/C6H9N2/c7-6-4-8-2-1-5(6)3-8/h5H,1-4H2. The molecule has 2 nitrogen and oxygen atoms in total. The van der Waals surface area contributed by atoms with E-state index >= 15 is 0 Å². The Morgan fingerprint density at radius 2 is 2.50 bits per heavy atom. The molecule has 2 atom stereocenters. The highest BCUT2D eigenvalue weighted by molar-refractivity contribution is 5.89. The van der Waals surface area contributed by atoms with Gasteiger partial charge in [-0.3, -0.25) is 4.90 Å². The summed E-state index contributed by atoms with van der Waals surface area (Å²) in [5.74, 6) is 0.537. The van der Waals surface area contributed by atoms with Crippen molar-refractivity contribution < 1.29 is 0 Å². The monoisotopic (exact) mass is 109 g/mol. The van der Waals surface area contributed by atoms with E-state index in [0.29, 0.717) is 5.92 Å². The predicted molar refractivity (Wildman–Crippen MR) is 31.7 cm³/mol. The largest absolute Gasteiger partial charge is 0.297 e. The van der Waals surface area contributed by atoms with Gasteiger partial charge < -0.3 is 0 Å². The van der Waals surface area contributed by atoms with Crippen LogP contribution in [0.3, 0.4) is 0 Å². The van der Waals surface area contributed by atoms with Crippen LogP contribution in [-0.2, 0) is 0 Å². The summed E-state index contributed by atoms with van der Waals surface area (Å²) in [5, 5.41) is 9.09. The molecule has 2 heterocycles. The second kappa shape index (κ2) is 1.32. The molecule has 2 fully saturated rings. The van der Waals surface area contributed by atoms with Crippen LogP contribution in [0, 0.1) is 5.92 Å². The minimum Gasteiger partial charge on any atom is -0.297 e. The molecule has 2 aliphatic rings. The van der Waals surface area contributed by atoms with Crippen LogP contribution in [0.5, 0.6) is 0 Å². The molecule has 0 aromatic carbocycles. The van der Waals surface area contributed by atoms with Crippen molar-refractivity contribution in [1.29, 1.82) is 0 Å². The summed E-state index contributed by atoms with van der Waals surface area (Å²) in [6, 6.07) is 0. The van der Waals surface area contributed by atoms with Gasteiger partial charge in [-0.15, -0.1) is 0 Å². The summed E-state index contributed by atoms with van der Waals surface area (Å²) in [6.45, 7) is 3.17. The van der Waals surface area contributed by atoms with Crippen LogP contribution in [0.2, 0.25) is 0 Å². The van der Waals surface area contributed by atoms with Crippen LogP contribution in [-0.4, -0.2) is 30.2 Å². The topological polar surface area (TPSA) is 25.5 Å². The van der Waals surface area contributed by atoms with Crippen LogP contribution in [0.25, 0.3) is 0 Å². The third-order valence-corrected chi connectivity index (χ3v) is 2.13. The SMILES string of the molecule is [N]=C1CN2CCC1C2. The van der Waals surface area contributed by atoms with Gasteiger partial charge in [0.05, 0.1) is 5.71 Å². The van der Waals surface area contributed by atoms with E-state index < -0.39 is 0 Å². The molecule has 2 saturated heterocycles. The van der Waals surface area contributed by atoms with Crippen LogP contribution in [0.4, 0.5) is 0 Å². The molecule has 0 amide bonds. The minimum atomic E-state index is 0.537. The lowest BCUT2D eigenvalue weighted by atomic mass is 10.0. The molecular weight excluding hydrogens is 100 g/mol. The average molecular weight is 109 g/mol. The first-order valence-electron chi connectivity index (χ1n) is 3.13. The van der Waals surface area contributed by atoms with Crippen molar-refractivity contribution in [3.63, 3.8) is 0 Å². The number of nitrogens with zero attached hydrogens (tertiary/aromatic N) is 2. The van der Waals surface area contributed by atoms with Crippen molar-refractivity contribution in [2.24, 2.45) is 5.92 Å². The zero-order valence-corrected chi connectivity index (χ0v) is 4.80. The van der Waals surface area contributed by atoms with Gasteiger partial charge in [0.25, 0.3) is 0 Å². The Kier molecular flexibility index (Phi) is 0.742. The number of hydrogen-bond donors (Lipinski definition) is 0. The Bertz CT molecular complexity index is 130. The molecule has 2 aliphatic heterocycles. The Labute approximate surface area is 49.0 Å². The molecular formula is C6H9N2. The lowest BCUT2D eigenvalue weighted by Gasteiger charge is -2.09. The van der Waals surface area contributed by atoms with Gasteiger partial charge in [-0.25, -0.2) is 0 Å². The van der Waals surface area contributed by atoms with Gasteiger partial charge in [-0.2, -0.15) is 5.41 Å². The van der Waals surface area contributed by atoms with Crippen molar-refractivity contribution in [3.05, 3.63) is 0 Å². The van der Waals surface area contributed by atoms with E-state index in [4.69, 9.17) is 5.41 Å². The van der Waals surface area contributed by atoms with Gasteiger partial charge in [-0.05, 0) is 13.0 Å². The van der Waals surface area contributed by atoms with Crippen molar-refractivity contribution in [2.75, 3.05) is 19.6 Å². The molecule has 2 unspecified atom stereocenters. The molecule has 2 bridgehead atoms. The fourth-order valence-corrected chi connectivity index (χ4v) is 1.61. The number of piperidine rings is 1. The van der Waals surface area contributed by atoms with E-state index in [1.54, 1.807) is 0 Å². The molecule has 0 aromatic heterocycles. The third-order valence-electron chi connectivity index (χ3n) is 2.13. The summed E-state index contributed by atoms with van der Waals surface area (Å²) in [5.41, 5.74) is 0.719. The van der Waals surface area contributed by atoms with E-state index in [1.807, 2.05) is 0 Å². The quantitative estimate of drug-likeness (QED) is 0.414. The highest BCUT2D eigenvalue weighted by Crippen LogP contribution is 2.23. The lowest BCUT2D eigenvalue weighted by Crippen LogP contribution is -2.23. The van der Waals surface area contributed by atoms with Crippen molar-refractivity contribution in [1.82, 2.24) is 10.3 Å². The van der Waals surface area contributed by atoms with Crippen LogP contribution < -0.4 is 5.41 Å². The summed E-state index contributed by atoms with van der Waals surface area (Å²) >= 11 is 0. The molecule has 43 valence electrons. The Morgan fingerprint density at radius 3 is 2.75 bits per heavy atom. The maximum atomic E-state index is 9.09. The Hall–Kier alpha value is -0.370. The maximum absolute atomic E-state index is 9.09. The second-order valence-corrected chi connectivity index (χ2v) is 2.71. The zero-order valence-electron chi connectivity index (χ0n) is 4.80. The second-order valence-electron chi connectivity index (χ2n) is 2.71. The van der Waals surface area contributed by atoms with Crippen molar-refractivity contribution in [3.8, 4) is 0 Å². The van der Waals surface area contributed by atoms with Gasteiger partial charge >= 0.3 is 0 Å². The third kappa shape index (κ3) is 0.436. The highest BCUT2D eigenvalue weighted by Gasteiger charge is 2.33. The predicted octanol–water partition coefficient (Wildman–Crippen LogP) is -0.437. The first-order chi connectivity index (χ1) is 3.86. The van der Waals surface area contributed by atoms with Gasteiger partial charge in [0.2, 0.25) is 0 Å². The molecule has 0 saturated carbocycles. The Morgan fingerprint density at radius 1 is 1.62 bits per heavy atom. The molecule has 8 heavy (non-hydrogen) atoms. The van der Waals surface area contributed by atoms with Crippen LogP contribution in [0.15, 0.2) is 0 Å². The minimum absolute atomic E-state index is 0.537.